The summed E-state index contributed by atoms with van der Waals surface area (Å²) in [5.74, 6) is -0.357. The Hall–Kier alpha value is -1.26. The van der Waals surface area contributed by atoms with Gasteiger partial charge < -0.3 is 19.0 Å². The molecule has 0 saturated carbocycles. The molecule has 1 saturated heterocycles. The summed E-state index contributed by atoms with van der Waals surface area (Å²) < 4.78 is 19.0. The molecular weight excluding hydrogens is 523 g/mol. The van der Waals surface area contributed by atoms with Gasteiger partial charge in [0.15, 0.2) is 6.29 Å². The molecule has 1 fully saturated rings. The van der Waals surface area contributed by atoms with Crippen LogP contribution < -0.4 is 10.4 Å². The van der Waals surface area contributed by atoms with Crippen molar-refractivity contribution in [2.24, 2.45) is 0 Å². The van der Waals surface area contributed by atoms with Crippen molar-refractivity contribution in [2.45, 2.75) is 63.8 Å². The number of rotatable bonds is 6. The molecule has 1 N–H and O–H groups in total. The van der Waals surface area contributed by atoms with E-state index in [9.17, 15) is 9.90 Å². The molecule has 0 unspecified atom stereocenters. The third kappa shape index (κ3) is 5.22. The molecular formula is C24H31IO5Si. The van der Waals surface area contributed by atoms with Gasteiger partial charge in [0.2, 0.25) is 0 Å². The topological polar surface area (TPSA) is 65.0 Å². The zero-order valence-corrected chi connectivity index (χ0v) is 21.6. The number of benzene rings is 2. The Bertz CT molecular complexity index is 816. The molecule has 1 heterocycles. The molecule has 0 spiro atoms. The summed E-state index contributed by atoms with van der Waals surface area (Å²) in [5, 5.41) is 12.9. The quantitative estimate of drug-likeness (QED) is 0.257. The van der Waals surface area contributed by atoms with Crippen molar-refractivity contribution in [1.29, 1.82) is 0 Å². The van der Waals surface area contributed by atoms with Gasteiger partial charge in [-0.1, -0.05) is 104 Å². The van der Waals surface area contributed by atoms with Crippen molar-refractivity contribution in [2.75, 3.05) is 4.43 Å². The molecule has 7 heteroatoms. The lowest BCUT2D eigenvalue weighted by molar-refractivity contribution is -0.240. The van der Waals surface area contributed by atoms with Crippen LogP contribution in [0.25, 0.3) is 0 Å². The molecule has 0 radical (unpaired) electrons. The lowest BCUT2D eigenvalue weighted by Crippen LogP contribution is -2.69. The number of alkyl halides is 1. The molecule has 4 atom stereocenters. The number of aliphatic hydroxyl groups excluding tert-OH is 1. The van der Waals surface area contributed by atoms with E-state index in [4.69, 9.17) is 13.9 Å². The fourth-order valence-electron chi connectivity index (χ4n) is 4.35. The Balaban J connectivity index is 2.07. The fourth-order valence-corrected chi connectivity index (χ4v) is 9.81. The first-order valence-corrected chi connectivity index (χ1v) is 14.0. The Labute approximate surface area is 199 Å². The maximum absolute atomic E-state index is 11.7. The highest BCUT2D eigenvalue weighted by molar-refractivity contribution is 14.1. The van der Waals surface area contributed by atoms with Gasteiger partial charge in [-0.2, -0.15) is 0 Å². The molecule has 168 valence electrons. The maximum atomic E-state index is 11.7. The first kappa shape index (κ1) is 24.4. The first-order valence-electron chi connectivity index (χ1n) is 10.5. The number of esters is 1. The highest BCUT2D eigenvalue weighted by Crippen LogP contribution is 2.39. The molecule has 0 amide bonds. The van der Waals surface area contributed by atoms with Crippen LogP contribution in [0.1, 0.15) is 34.1 Å². The van der Waals surface area contributed by atoms with Crippen LogP contribution in [-0.4, -0.2) is 48.4 Å². The van der Waals surface area contributed by atoms with Crippen molar-refractivity contribution < 1.29 is 23.8 Å². The third-order valence-corrected chi connectivity index (χ3v) is 11.7. The molecule has 0 aromatic heterocycles. The fraction of sp³-hybridized carbons (Fsp3) is 0.458. The van der Waals surface area contributed by atoms with Crippen molar-refractivity contribution >= 4 is 47.3 Å². The monoisotopic (exact) mass is 554 g/mol. The molecule has 31 heavy (non-hydrogen) atoms. The number of halogens is 1. The van der Waals surface area contributed by atoms with Crippen LogP contribution in [0.15, 0.2) is 60.7 Å². The predicted molar refractivity (Wildman–Crippen MR) is 132 cm³/mol. The Morgan fingerprint density at radius 1 is 1.06 bits per heavy atom. The van der Waals surface area contributed by atoms with Gasteiger partial charge in [-0.25, -0.2) is 0 Å². The second-order valence-corrected chi connectivity index (χ2v) is 14.1. The molecule has 0 aliphatic carbocycles. The largest absolute Gasteiger partial charge is 0.460 e. The lowest BCUT2D eigenvalue weighted by atomic mass is 10.0. The summed E-state index contributed by atoms with van der Waals surface area (Å²) in [6.45, 7) is 7.96. The highest BCUT2D eigenvalue weighted by atomic mass is 127. The highest BCUT2D eigenvalue weighted by Gasteiger charge is 2.53. The molecule has 2 aromatic carbocycles. The van der Waals surface area contributed by atoms with E-state index in [0.29, 0.717) is 10.8 Å². The van der Waals surface area contributed by atoms with E-state index in [0.717, 1.165) is 10.4 Å². The summed E-state index contributed by atoms with van der Waals surface area (Å²) in [5.41, 5.74) is 0. The van der Waals surface area contributed by atoms with E-state index in [1.807, 2.05) is 36.4 Å². The van der Waals surface area contributed by atoms with Crippen molar-refractivity contribution in [1.82, 2.24) is 0 Å². The number of hydrogen-bond donors (Lipinski definition) is 1. The number of carbonyl (C=O) groups is 1. The van der Waals surface area contributed by atoms with E-state index in [2.05, 4.69) is 67.6 Å². The molecule has 1 aliphatic heterocycles. The first-order chi connectivity index (χ1) is 14.7. The van der Waals surface area contributed by atoms with Crippen LogP contribution in [-0.2, 0) is 18.7 Å². The van der Waals surface area contributed by atoms with Gasteiger partial charge in [-0.15, -0.1) is 0 Å². The minimum absolute atomic E-state index is 0.230. The van der Waals surface area contributed by atoms with E-state index in [1.54, 1.807) is 0 Å². The summed E-state index contributed by atoms with van der Waals surface area (Å²) >= 11 is 2.19. The summed E-state index contributed by atoms with van der Waals surface area (Å²) in [7, 11) is -2.86. The minimum atomic E-state index is -2.86. The standard InChI is InChI=1S/C24H31IO5Si/c1-17(26)28-20-15-21(23(27)29-22(20)16-25)30-31(24(2,3)4,18-11-7-5-8-12-18)19-13-9-6-10-14-19/h5-14,20-23,27H,15-16H2,1-4H3/t20-,21-,22+,23-/m0/s1. The Kier molecular flexibility index (Phi) is 7.96. The van der Waals surface area contributed by atoms with Crippen molar-refractivity contribution in [3.8, 4) is 0 Å². The smallest absolute Gasteiger partial charge is 0.302 e. The molecule has 1 aliphatic rings. The zero-order valence-electron chi connectivity index (χ0n) is 18.5. The van der Waals surface area contributed by atoms with Crippen LogP contribution in [0.3, 0.4) is 0 Å². The molecule has 0 bridgehead atoms. The van der Waals surface area contributed by atoms with Gasteiger partial charge in [0, 0.05) is 17.8 Å². The van der Waals surface area contributed by atoms with E-state index in [-0.39, 0.29) is 17.1 Å². The maximum Gasteiger partial charge on any atom is 0.302 e. The van der Waals surface area contributed by atoms with Crippen LogP contribution in [0.5, 0.6) is 0 Å². The summed E-state index contributed by atoms with van der Waals surface area (Å²) in [4.78, 5) is 11.7. The predicted octanol–water partition coefficient (Wildman–Crippen LogP) is 3.41. The summed E-state index contributed by atoms with van der Waals surface area (Å²) in [6, 6.07) is 20.5. The van der Waals surface area contributed by atoms with Gasteiger partial charge in [0.25, 0.3) is 8.32 Å². The van der Waals surface area contributed by atoms with Gasteiger partial charge in [-0.05, 0) is 15.4 Å². The van der Waals surface area contributed by atoms with Gasteiger partial charge in [0.05, 0.1) is 0 Å². The van der Waals surface area contributed by atoms with Crippen molar-refractivity contribution in [3.05, 3.63) is 60.7 Å². The number of ether oxygens (including phenoxy) is 2. The SMILES string of the molecule is CC(=O)O[C@H]1C[C@H](O[Si](c2ccccc2)(c2ccccc2)C(C)(C)C)[C@@H](O)O[C@@H]1CI. The Morgan fingerprint density at radius 2 is 1.58 bits per heavy atom. The van der Waals surface area contributed by atoms with Gasteiger partial charge >= 0.3 is 5.97 Å². The molecule has 5 nitrogen and oxygen atoms in total. The molecule has 2 aromatic rings. The normalized spacial score (nSPS) is 24.6. The number of aliphatic hydroxyl groups is 1. The third-order valence-electron chi connectivity index (χ3n) is 5.73. The van der Waals surface area contributed by atoms with Crippen LogP contribution in [0.2, 0.25) is 5.04 Å². The van der Waals surface area contributed by atoms with E-state index >= 15 is 0 Å². The van der Waals surface area contributed by atoms with E-state index < -0.39 is 26.8 Å². The second-order valence-electron chi connectivity index (χ2n) is 8.92. The van der Waals surface area contributed by atoms with Crippen LogP contribution in [0, 0.1) is 0 Å². The average Bonchev–Trinajstić information content (AvgIpc) is 2.73. The second kappa shape index (κ2) is 10.1. The van der Waals surface area contributed by atoms with Crippen LogP contribution >= 0.6 is 22.6 Å². The minimum Gasteiger partial charge on any atom is -0.460 e. The van der Waals surface area contributed by atoms with E-state index in [1.165, 1.54) is 6.92 Å². The Morgan fingerprint density at radius 3 is 2.00 bits per heavy atom. The lowest BCUT2D eigenvalue weighted by Gasteiger charge is -2.48. The van der Waals surface area contributed by atoms with Crippen molar-refractivity contribution in [3.63, 3.8) is 0 Å². The van der Waals surface area contributed by atoms with Crippen LogP contribution in [0.4, 0.5) is 0 Å². The van der Waals surface area contributed by atoms with Gasteiger partial charge in [0.1, 0.15) is 18.3 Å². The summed E-state index contributed by atoms with van der Waals surface area (Å²) in [6.07, 6.45) is -2.14. The van der Waals surface area contributed by atoms with Gasteiger partial charge in [-0.3, -0.25) is 4.79 Å². The zero-order chi connectivity index (χ0) is 22.6. The number of hydrogen-bond acceptors (Lipinski definition) is 5. The average molecular weight is 554 g/mol. The molecule has 3 rings (SSSR count). The number of carbonyl (C=O) groups excluding carboxylic acids is 1.